The van der Waals surface area contributed by atoms with E-state index in [1.165, 1.54) is 30.1 Å². The minimum Gasteiger partial charge on any atom is -0.337 e. The van der Waals surface area contributed by atoms with Crippen molar-refractivity contribution in [3.8, 4) is 0 Å². The van der Waals surface area contributed by atoms with E-state index in [9.17, 15) is 18.0 Å². The van der Waals surface area contributed by atoms with Crippen LogP contribution >= 0.6 is 11.6 Å². The molecule has 0 unspecified atom stereocenters. The van der Waals surface area contributed by atoms with Crippen LogP contribution in [-0.4, -0.2) is 17.9 Å². The molecule has 0 aliphatic heterocycles. The second kappa shape index (κ2) is 6.18. The molecule has 2 nitrogen and oxygen atoms in total. The van der Waals surface area contributed by atoms with Crippen molar-refractivity contribution in [2.24, 2.45) is 0 Å². The number of hydrogen-bond acceptors (Lipinski definition) is 1. The first kappa shape index (κ1) is 15.4. The van der Waals surface area contributed by atoms with E-state index in [1.54, 1.807) is 6.07 Å². The molecule has 0 fully saturated rings. The molecule has 0 atom stereocenters. The normalized spacial score (nSPS) is 10.5. The lowest BCUT2D eigenvalue weighted by atomic mass is 10.1. The maximum atomic E-state index is 13.5. The molecular weight excluding hydrogens is 303 g/mol. The van der Waals surface area contributed by atoms with Crippen molar-refractivity contribution in [2.75, 3.05) is 7.05 Å². The molecule has 0 radical (unpaired) electrons. The predicted octanol–water partition coefficient (Wildman–Crippen LogP) is 4.03. The van der Waals surface area contributed by atoms with Crippen molar-refractivity contribution >= 4 is 17.5 Å². The third-order valence-electron chi connectivity index (χ3n) is 2.95. The fraction of sp³-hybridized carbons (Fsp3) is 0.133. The summed E-state index contributed by atoms with van der Waals surface area (Å²) in [5, 5.41) is -0.195. The Morgan fingerprint density at radius 2 is 1.71 bits per heavy atom. The zero-order valence-electron chi connectivity index (χ0n) is 11.0. The summed E-state index contributed by atoms with van der Waals surface area (Å²) in [5.74, 6) is -3.37. The summed E-state index contributed by atoms with van der Waals surface area (Å²) in [6, 6.07) is 7.46. The maximum absolute atomic E-state index is 13.5. The second-order valence-electron chi connectivity index (χ2n) is 4.50. The lowest BCUT2D eigenvalue weighted by Crippen LogP contribution is -2.27. The Labute approximate surface area is 124 Å². The SMILES string of the molecule is CN(Cc1ccccc1F)C(=O)c1cc(F)c(F)cc1Cl. The Balaban J connectivity index is 2.24. The highest BCUT2D eigenvalue weighted by molar-refractivity contribution is 6.33. The molecule has 2 aromatic rings. The number of carbonyl (C=O) groups excluding carboxylic acids is 1. The van der Waals surface area contributed by atoms with Gasteiger partial charge in [-0.2, -0.15) is 0 Å². The standard InChI is InChI=1S/C15H11ClF3NO/c1-20(8-9-4-2-3-5-12(9)17)15(21)10-6-13(18)14(19)7-11(10)16/h2-7H,8H2,1H3. The number of rotatable bonds is 3. The fourth-order valence-corrected chi connectivity index (χ4v) is 2.08. The molecule has 0 N–H and O–H groups in total. The smallest absolute Gasteiger partial charge is 0.255 e. The van der Waals surface area contributed by atoms with Crippen molar-refractivity contribution in [1.29, 1.82) is 0 Å². The number of carbonyl (C=O) groups is 1. The van der Waals surface area contributed by atoms with Gasteiger partial charge in [0.1, 0.15) is 5.82 Å². The zero-order valence-corrected chi connectivity index (χ0v) is 11.8. The maximum Gasteiger partial charge on any atom is 0.255 e. The van der Waals surface area contributed by atoms with Crippen molar-refractivity contribution in [3.63, 3.8) is 0 Å². The van der Waals surface area contributed by atoms with Crippen LogP contribution in [0.15, 0.2) is 36.4 Å². The molecule has 0 aliphatic carbocycles. The van der Waals surface area contributed by atoms with E-state index < -0.39 is 23.4 Å². The molecule has 0 aliphatic rings. The highest BCUT2D eigenvalue weighted by Crippen LogP contribution is 2.22. The first-order valence-electron chi connectivity index (χ1n) is 6.03. The number of benzene rings is 2. The third-order valence-corrected chi connectivity index (χ3v) is 3.27. The van der Waals surface area contributed by atoms with E-state index in [0.29, 0.717) is 5.56 Å². The molecule has 0 saturated heterocycles. The molecule has 0 aromatic heterocycles. The van der Waals surface area contributed by atoms with Crippen molar-refractivity contribution in [1.82, 2.24) is 4.90 Å². The number of halogens is 4. The summed E-state index contributed by atoms with van der Waals surface area (Å²) in [6.45, 7) is -0.0131. The first-order valence-corrected chi connectivity index (χ1v) is 6.41. The van der Waals surface area contributed by atoms with Crippen LogP contribution in [0.3, 0.4) is 0 Å². The Morgan fingerprint density at radius 1 is 1.10 bits per heavy atom. The summed E-state index contributed by atoms with van der Waals surface area (Å²) in [5.41, 5.74) is 0.140. The fourth-order valence-electron chi connectivity index (χ4n) is 1.85. The monoisotopic (exact) mass is 313 g/mol. The average Bonchev–Trinajstić information content (AvgIpc) is 2.44. The van der Waals surface area contributed by atoms with Gasteiger partial charge in [-0.05, 0) is 18.2 Å². The number of amides is 1. The first-order chi connectivity index (χ1) is 9.90. The topological polar surface area (TPSA) is 20.3 Å². The highest BCUT2D eigenvalue weighted by atomic mass is 35.5. The van der Waals surface area contributed by atoms with Crippen LogP contribution in [0, 0.1) is 17.5 Å². The lowest BCUT2D eigenvalue weighted by Gasteiger charge is -2.18. The van der Waals surface area contributed by atoms with Crippen LogP contribution in [0.1, 0.15) is 15.9 Å². The van der Waals surface area contributed by atoms with Crippen molar-refractivity contribution < 1.29 is 18.0 Å². The van der Waals surface area contributed by atoms with Crippen LogP contribution in [0.25, 0.3) is 0 Å². The molecule has 110 valence electrons. The van der Waals surface area contributed by atoms with Crippen molar-refractivity contribution in [3.05, 3.63) is 70.0 Å². The summed E-state index contributed by atoms with van der Waals surface area (Å²) >= 11 is 5.75. The van der Waals surface area contributed by atoms with Crippen LogP contribution in [0.5, 0.6) is 0 Å². The van der Waals surface area contributed by atoms with Gasteiger partial charge in [-0.3, -0.25) is 4.79 Å². The van der Waals surface area contributed by atoms with E-state index in [4.69, 9.17) is 11.6 Å². The van der Waals surface area contributed by atoms with E-state index in [-0.39, 0.29) is 17.1 Å². The Kier molecular flexibility index (Phi) is 4.53. The van der Waals surface area contributed by atoms with Gasteiger partial charge < -0.3 is 4.90 Å². The van der Waals surface area contributed by atoms with Crippen LogP contribution in [-0.2, 0) is 6.54 Å². The molecule has 0 bridgehead atoms. The van der Waals surface area contributed by atoms with Gasteiger partial charge in [-0.15, -0.1) is 0 Å². The third kappa shape index (κ3) is 3.36. The summed E-state index contributed by atoms with van der Waals surface area (Å²) < 4.78 is 39.7. The van der Waals surface area contributed by atoms with E-state index in [2.05, 4.69) is 0 Å². The molecule has 2 aromatic carbocycles. The Bertz CT molecular complexity index is 691. The molecular formula is C15H11ClF3NO. The molecule has 21 heavy (non-hydrogen) atoms. The van der Waals surface area contributed by atoms with E-state index in [1.807, 2.05) is 0 Å². The molecule has 0 spiro atoms. The van der Waals surface area contributed by atoms with Crippen molar-refractivity contribution in [2.45, 2.75) is 6.54 Å². The second-order valence-corrected chi connectivity index (χ2v) is 4.91. The summed E-state index contributed by atoms with van der Waals surface area (Å²) in [7, 11) is 1.42. The molecule has 0 heterocycles. The van der Waals surface area contributed by atoms with Gasteiger partial charge in [0.2, 0.25) is 0 Å². The molecule has 2 rings (SSSR count). The molecule has 0 saturated carbocycles. The Hall–Kier alpha value is -2.01. The molecule has 1 amide bonds. The molecule has 6 heteroatoms. The van der Waals surface area contributed by atoms with E-state index in [0.717, 1.165) is 12.1 Å². The largest absolute Gasteiger partial charge is 0.337 e. The zero-order chi connectivity index (χ0) is 15.6. The lowest BCUT2D eigenvalue weighted by molar-refractivity contribution is 0.0783. The van der Waals surface area contributed by atoms with Gasteiger partial charge in [0, 0.05) is 19.2 Å². The van der Waals surface area contributed by atoms with Gasteiger partial charge in [0.05, 0.1) is 10.6 Å². The number of hydrogen-bond donors (Lipinski definition) is 0. The summed E-state index contributed by atoms with van der Waals surface area (Å²) in [4.78, 5) is 13.4. The number of nitrogens with zero attached hydrogens (tertiary/aromatic N) is 1. The Morgan fingerprint density at radius 3 is 2.38 bits per heavy atom. The van der Waals surface area contributed by atoms with E-state index >= 15 is 0 Å². The predicted molar refractivity (Wildman–Crippen MR) is 73.6 cm³/mol. The minimum absolute atomic E-state index is 0.0131. The average molecular weight is 314 g/mol. The van der Waals surface area contributed by atoms with Crippen LogP contribution in [0.2, 0.25) is 5.02 Å². The van der Waals surface area contributed by atoms with Gasteiger partial charge in [0.15, 0.2) is 11.6 Å². The minimum atomic E-state index is -1.16. The summed E-state index contributed by atoms with van der Waals surface area (Å²) in [6.07, 6.45) is 0. The van der Waals surface area contributed by atoms with Gasteiger partial charge in [0.25, 0.3) is 5.91 Å². The highest BCUT2D eigenvalue weighted by Gasteiger charge is 2.19. The van der Waals surface area contributed by atoms with Crippen LogP contribution < -0.4 is 0 Å². The quantitative estimate of drug-likeness (QED) is 0.783. The van der Waals surface area contributed by atoms with Gasteiger partial charge in [-0.25, -0.2) is 13.2 Å². The van der Waals surface area contributed by atoms with Gasteiger partial charge >= 0.3 is 0 Å². The van der Waals surface area contributed by atoms with Gasteiger partial charge in [-0.1, -0.05) is 29.8 Å². The van der Waals surface area contributed by atoms with Crippen LogP contribution in [0.4, 0.5) is 13.2 Å².